The lowest BCUT2D eigenvalue weighted by molar-refractivity contribution is -0.134. The Bertz CT molecular complexity index is 1080. The van der Waals surface area contributed by atoms with E-state index < -0.39 is 0 Å². The second-order valence-electron chi connectivity index (χ2n) is 8.06. The predicted molar refractivity (Wildman–Crippen MR) is 116 cm³/mol. The Kier molecular flexibility index (Phi) is 5.32. The fourth-order valence-electron chi connectivity index (χ4n) is 4.41. The van der Waals surface area contributed by atoms with E-state index in [4.69, 9.17) is 9.15 Å². The number of aromatic nitrogens is 1. The molecule has 0 spiro atoms. The lowest BCUT2D eigenvalue weighted by Crippen LogP contribution is -2.41. The van der Waals surface area contributed by atoms with Gasteiger partial charge in [0.15, 0.2) is 11.5 Å². The Hall–Kier alpha value is -3.35. The Balaban J connectivity index is 1.20. The van der Waals surface area contributed by atoms with E-state index in [-0.39, 0.29) is 30.6 Å². The molecule has 3 heterocycles. The minimum Gasteiger partial charge on any atom is -0.490 e. The number of para-hydroxylation sites is 4. The first-order valence-corrected chi connectivity index (χ1v) is 10.8. The standard InChI is InChI=1S/C24H25N3O4/c28-22(11-12-23(29)27-14-15-30-21-10-4-2-8-19(21)27)26-13-5-6-17(16-26)24-25-18-7-1-3-9-20(18)31-24/h1-4,7-10,17H,5-6,11-16H2. The monoisotopic (exact) mass is 419 g/mol. The van der Waals surface area contributed by atoms with Crippen LogP contribution in [-0.4, -0.2) is 47.9 Å². The lowest BCUT2D eigenvalue weighted by Gasteiger charge is -2.32. The van der Waals surface area contributed by atoms with Crippen LogP contribution in [-0.2, 0) is 9.59 Å². The molecule has 1 atom stereocenters. The number of nitrogens with zero attached hydrogens (tertiary/aromatic N) is 3. The molecule has 31 heavy (non-hydrogen) atoms. The second-order valence-corrected chi connectivity index (χ2v) is 8.06. The van der Waals surface area contributed by atoms with Crippen LogP contribution in [0.5, 0.6) is 5.75 Å². The van der Waals surface area contributed by atoms with E-state index in [1.165, 1.54) is 0 Å². The molecule has 0 N–H and O–H groups in total. The highest BCUT2D eigenvalue weighted by Crippen LogP contribution is 2.32. The summed E-state index contributed by atoms with van der Waals surface area (Å²) in [6, 6.07) is 15.2. The zero-order valence-electron chi connectivity index (χ0n) is 17.3. The summed E-state index contributed by atoms with van der Waals surface area (Å²) in [5.41, 5.74) is 2.40. The quantitative estimate of drug-likeness (QED) is 0.644. The van der Waals surface area contributed by atoms with Crippen molar-refractivity contribution in [1.29, 1.82) is 0 Å². The van der Waals surface area contributed by atoms with Crippen LogP contribution in [0.4, 0.5) is 5.69 Å². The summed E-state index contributed by atoms with van der Waals surface area (Å²) < 4.78 is 11.5. The third kappa shape index (κ3) is 4.00. The van der Waals surface area contributed by atoms with Gasteiger partial charge in [0.25, 0.3) is 0 Å². The average molecular weight is 419 g/mol. The van der Waals surface area contributed by atoms with Gasteiger partial charge in [0.05, 0.1) is 18.2 Å². The predicted octanol–water partition coefficient (Wildman–Crippen LogP) is 3.74. The van der Waals surface area contributed by atoms with Gasteiger partial charge in [0.1, 0.15) is 17.9 Å². The first-order valence-electron chi connectivity index (χ1n) is 10.8. The minimum absolute atomic E-state index is 0.00991. The van der Waals surface area contributed by atoms with Crippen molar-refractivity contribution in [3.8, 4) is 5.75 Å². The fourth-order valence-corrected chi connectivity index (χ4v) is 4.41. The van der Waals surface area contributed by atoms with Crippen molar-refractivity contribution in [1.82, 2.24) is 9.88 Å². The van der Waals surface area contributed by atoms with Gasteiger partial charge < -0.3 is 19.0 Å². The van der Waals surface area contributed by atoms with Gasteiger partial charge in [0.2, 0.25) is 11.8 Å². The highest BCUT2D eigenvalue weighted by Gasteiger charge is 2.29. The fraction of sp³-hybridized carbons (Fsp3) is 0.375. The number of fused-ring (bicyclic) bond motifs is 2. The van der Waals surface area contributed by atoms with Gasteiger partial charge in [-0.2, -0.15) is 0 Å². The number of piperidine rings is 1. The molecule has 1 fully saturated rings. The van der Waals surface area contributed by atoms with Gasteiger partial charge in [0, 0.05) is 25.9 Å². The molecule has 7 heteroatoms. The van der Waals surface area contributed by atoms with Crippen LogP contribution in [0.3, 0.4) is 0 Å². The number of likely N-dealkylation sites (tertiary alicyclic amines) is 1. The van der Waals surface area contributed by atoms with Crippen molar-refractivity contribution >= 4 is 28.6 Å². The molecule has 2 aromatic carbocycles. The van der Waals surface area contributed by atoms with Gasteiger partial charge in [-0.15, -0.1) is 0 Å². The first kappa shape index (κ1) is 19.6. The van der Waals surface area contributed by atoms with E-state index in [0.29, 0.717) is 37.9 Å². The Labute approximate surface area is 180 Å². The summed E-state index contributed by atoms with van der Waals surface area (Å²) in [6.45, 7) is 2.27. The highest BCUT2D eigenvalue weighted by atomic mass is 16.5. The number of carbonyl (C=O) groups is 2. The summed E-state index contributed by atoms with van der Waals surface area (Å²) in [5.74, 6) is 1.46. The van der Waals surface area contributed by atoms with E-state index in [9.17, 15) is 9.59 Å². The second kappa shape index (κ2) is 8.41. The summed E-state index contributed by atoms with van der Waals surface area (Å²) in [7, 11) is 0. The van der Waals surface area contributed by atoms with Crippen LogP contribution in [0.2, 0.25) is 0 Å². The van der Waals surface area contributed by atoms with E-state index in [1.54, 1.807) is 4.90 Å². The third-order valence-corrected chi connectivity index (χ3v) is 6.02. The molecule has 2 amide bonds. The first-order chi connectivity index (χ1) is 15.2. The maximum atomic E-state index is 12.9. The van der Waals surface area contributed by atoms with Gasteiger partial charge in [-0.25, -0.2) is 4.98 Å². The molecule has 1 aromatic heterocycles. The number of anilines is 1. The molecule has 0 bridgehead atoms. The number of hydrogen-bond donors (Lipinski definition) is 0. The van der Waals surface area contributed by atoms with Crippen molar-refractivity contribution in [2.75, 3.05) is 31.1 Å². The van der Waals surface area contributed by atoms with E-state index >= 15 is 0 Å². The van der Waals surface area contributed by atoms with Crippen LogP contribution < -0.4 is 9.64 Å². The minimum atomic E-state index is -0.0448. The topological polar surface area (TPSA) is 75.9 Å². The average Bonchev–Trinajstić information content (AvgIpc) is 3.26. The van der Waals surface area contributed by atoms with Crippen molar-refractivity contribution in [3.05, 3.63) is 54.4 Å². The van der Waals surface area contributed by atoms with Crippen molar-refractivity contribution in [2.45, 2.75) is 31.6 Å². The summed E-state index contributed by atoms with van der Waals surface area (Å²) in [4.78, 5) is 33.9. The smallest absolute Gasteiger partial charge is 0.227 e. The Morgan fingerprint density at radius 3 is 2.71 bits per heavy atom. The largest absolute Gasteiger partial charge is 0.490 e. The van der Waals surface area contributed by atoms with Crippen molar-refractivity contribution in [3.63, 3.8) is 0 Å². The molecule has 5 rings (SSSR count). The molecule has 7 nitrogen and oxygen atoms in total. The molecule has 1 saturated heterocycles. The number of benzene rings is 2. The molecule has 3 aromatic rings. The van der Waals surface area contributed by atoms with Crippen LogP contribution >= 0.6 is 0 Å². The van der Waals surface area contributed by atoms with E-state index in [1.807, 2.05) is 53.4 Å². The van der Waals surface area contributed by atoms with Crippen molar-refractivity contribution in [2.24, 2.45) is 0 Å². The van der Waals surface area contributed by atoms with E-state index in [0.717, 1.165) is 29.6 Å². The zero-order chi connectivity index (χ0) is 21.2. The Morgan fingerprint density at radius 1 is 1.00 bits per heavy atom. The molecule has 160 valence electrons. The number of ether oxygens (including phenoxy) is 1. The molecule has 0 radical (unpaired) electrons. The lowest BCUT2D eigenvalue weighted by atomic mass is 9.97. The summed E-state index contributed by atoms with van der Waals surface area (Å²) >= 11 is 0. The normalized spacial score (nSPS) is 18.5. The summed E-state index contributed by atoms with van der Waals surface area (Å²) in [5, 5.41) is 0. The van der Waals surface area contributed by atoms with Gasteiger partial charge in [-0.1, -0.05) is 24.3 Å². The molecule has 0 saturated carbocycles. The number of carbonyl (C=O) groups excluding carboxylic acids is 2. The SMILES string of the molecule is O=C(CCC(=O)N1CCOc2ccccc21)N1CCCC(c2nc3ccccc3o2)C1. The van der Waals surface area contributed by atoms with Gasteiger partial charge in [-0.05, 0) is 37.1 Å². The van der Waals surface area contributed by atoms with Crippen molar-refractivity contribution < 1.29 is 18.7 Å². The number of rotatable bonds is 4. The maximum Gasteiger partial charge on any atom is 0.227 e. The number of amides is 2. The number of hydrogen-bond acceptors (Lipinski definition) is 5. The molecule has 2 aliphatic heterocycles. The van der Waals surface area contributed by atoms with E-state index in [2.05, 4.69) is 4.98 Å². The molecular formula is C24H25N3O4. The maximum absolute atomic E-state index is 12.9. The van der Waals surface area contributed by atoms with Crippen LogP contribution in [0.15, 0.2) is 52.9 Å². The zero-order valence-corrected chi connectivity index (χ0v) is 17.3. The Morgan fingerprint density at radius 2 is 1.81 bits per heavy atom. The number of oxazole rings is 1. The van der Waals surface area contributed by atoms with Crippen LogP contribution in [0.1, 0.15) is 37.5 Å². The molecule has 2 aliphatic rings. The molecule has 0 aliphatic carbocycles. The van der Waals surface area contributed by atoms with Gasteiger partial charge in [-0.3, -0.25) is 9.59 Å². The summed E-state index contributed by atoms with van der Waals surface area (Å²) in [6.07, 6.45) is 2.25. The third-order valence-electron chi connectivity index (χ3n) is 6.02. The highest BCUT2D eigenvalue weighted by molar-refractivity contribution is 5.97. The van der Waals surface area contributed by atoms with Crippen LogP contribution in [0.25, 0.3) is 11.1 Å². The van der Waals surface area contributed by atoms with Crippen LogP contribution in [0, 0.1) is 0 Å². The molecular weight excluding hydrogens is 394 g/mol. The van der Waals surface area contributed by atoms with Gasteiger partial charge >= 0.3 is 0 Å². The molecule has 1 unspecified atom stereocenters.